The lowest BCUT2D eigenvalue weighted by atomic mass is 10.2. The van der Waals surface area contributed by atoms with E-state index in [0.29, 0.717) is 6.61 Å². The quantitative estimate of drug-likeness (QED) is 0.661. The first-order valence-corrected chi connectivity index (χ1v) is 10.5. The number of rotatable bonds is 8. The highest BCUT2D eigenvalue weighted by Gasteiger charge is 2.28. The number of ether oxygens (including phenoxy) is 1. The van der Waals surface area contributed by atoms with E-state index in [1.165, 1.54) is 28.8 Å². The molecule has 0 bridgehead atoms. The Labute approximate surface area is 162 Å². The summed E-state index contributed by atoms with van der Waals surface area (Å²) in [5, 5.41) is 9.73. The molecule has 0 spiro atoms. The molecule has 1 aliphatic rings. The predicted octanol–water partition coefficient (Wildman–Crippen LogP) is 1.34. The first-order valence-electron chi connectivity index (χ1n) is 8.82. The normalized spacial score (nSPS) is 16.8. The third-order valence-corrected chi connectivity index (χ3v) is 5.79. The van der Waals surface area contributed by atoms with Crippen LogP contribution in [0.5, 0.6) is 0 Å². The van der Waals surface area contributed by atoms with Crippen LogP contribution in [0.1, 0.15) is 12.8 Å². The van der Waals surface area contributed by atoms with Gasteiger partial charge in [0.1, 0.15) is 11.6 Å². The topological polar surface area (TPSA) is 103 Å². The highest BCUT2D eigenvalue weighted by Crippen LogP contribution is 2.24. The van der Waals surface area contributed by atoms with Gasteiger partial charge in [-0.3, -0.25) is 9.36 Å². The minimum absolute atomic E-state index is 0.0444. The number of halogens is 1. The lowest BCUT2D eigenvalue weighted by molar-refractivity contribution is -0.119. The van der Waals surface area contributed by atoms with Crippen molar-refractivity contribution in [2.75, 3.05) is 18.9 Å². The summed E-state index contributed by atoms with van der Waals surface area (Å²) in [5.74, 6) is -1.95. The Morgan fingerprint density at radius 2 is 2.18 bits per heavy atom. The molecule has 3 rings (SSSR count). The van der Waals surface area contributed by atoms with Gasteiger partial charge in [-0.1, -0.05) is 18.2 Å². The van der Waals surface area contributed by atoms with Gasteiger partial charge in [0.25, 0.3) is 5.16 Å². The van der Waals surface area contributed by atoms with Crippen LogP contribution >= 0.6 is 0 Å². The van der Waals surface area contributed by atoms with Crippen molar-refractivity contribution in [3.05, 3.63) is 42.7 Å². The van der Waals surface area contributed by atoms with Crippen molar-refractivity contribution in [3.63, 3.8) is 0 Å². The minimum atomic E-state index is -4.09. The fourth-order valence-electron chi connectivity index (χ4n) is 2.98. The van der Waals surface area contributed by atoms with Gasteiger partial charge >= 0.3 is 0 Å². The van der Waals surface area contributed by atoms with Crippen molar-refractivity contribution in [2.45, 2.75) is 30.6 Å². The SMILES string of the molecule is C=CCn1c(-c2ccccc2F)nnc1S(=O)(=O)CC(=O)NCC1CCCO1. The van der Waals surface area contributed by atoms with E-state index in [1.54, 1.807) is 6.07 Å². The van der Waals surface area contributed by atoms with E-state index >= 15 is 0 Å². The molecule has 28 heavy (non-hydrogen) atoms. The van der Waals surface area contributed by atoms with E-state index in [1.807, 2.05) is 0 Å². The molecule has 0 radical (unpaired) electrons. The zero-order valence-electron chi connectivity index (χ0n) is 15.2. The third kappa shape index (κ3) is 4.45. The van der Waals surface area contributed by atoms with E-state index in [2.05, 4.69) is 22.1 Å². The van der Waals surface area contributed by atoms with Crippen LogP contribution in [0.15, 0.2) is 42.1 Å². The molecular formula is C18H21FN4O4S. The Bertz CT molecular complexity index is 968. The summed E-state index contributed by atoms with van der Waals surface area (Å²) in [7, 11) is -4.09. The van der Waals surface area contributed by atoms with E-state index in [-0.39, 0.29) is 30.6 Å². The molecule has 1 amide bonds. The Kier molecular flexibility index (Phi) is 6.20. The number of aromatic nitrogens is 3. The molecule has 1 aromatic heterocycles. The van der Waals surface area contributed by atoms with Crippen LogP contribution in [0.4, 0.5) is 4.39 Å². The highest BCUT2D eigenvalue weighted by molar-refractivity contribution is 7.92. The second-order valence-electron chi connectivity index (χ2n) is 6.38. The maximum absolute atomic E-state index is 14.1. The third-order valence-electron chi connectivity index (χ3n) is 4.29. The van der Waals surface area contributed by atoms with Crippen LogP contribution in [0.3, 0.4) is 0 Å². The molecule has 10 heteroatoms. The van der Waals surface area contributed by atoms with Gasteiger partial charge in [-0.15, -0.1) is 16.8 Å². The summed E-state index contributed by atoms with van der Waals surface area (Å²) in [5.41, 5.74) is 0.112. The van der Waals surface area contributed by atoms with Gasteiger partial charge < -0.3 is 10.1 Å². The van der Waals surface area contributed by atoms with Gasteiger partial charge in [0.15, 0.2) is 5.82 Å². The average molecular weight is 408 g/mol. The number of sulfone groups is 1. The summed E-state index contributed by atoms with van der Waals surface area (Å²) in [6.07, 6.45) is 3.10. The van der Waals surface area contributed by atoms with E-state index in [4.69, 9.17) is 4.74 Å². The van der Waals surface area contributed by atoms with Gasteiger partial charge in [0.2, 0.25) is 15.7 Å². The van der Waals surface area contributed by atoms with Crippen molar-refractivity contribution in [1.82, 2.24) is 20.1 Å². The van der Waals surface area contributed by atoms with Crippen LogP contribution in [0.25, 0.3) is 11.4 Å². The molecule has 1 fully saturated rings. The van der Waals surface area contributed by atoms with Gasteiger partial charge in [0.05, 0.1) is 11.7 Å². The average Bonchev–Trinajstić information content (AvgIpc) is 3.30. The number of nitrogens with zero attached hydrogens (tertiary/aromatic N) is 3. The van der Waals surface area contributed by atoms with Crippen LogP contribution < -0.4 is 5.32 Å². The largest absolute Gasteiger partial charge is 0.376 e. The second-order valence-corrected chi connectivity index (χ2v) is 8.27. The molecule has 2 aromatic rings. The van der Waals surface area contributed by atoms with E-state index < -0.39 is 32.5 Å². The summed E-state index contributed by atoms with van der Waals surface area (Å²) in [6.45, 7) is 4.54. The Balaban J connectivity index is 1.82. The van der Waals surface area contributed by atoms with Gasteiger partial charge in [-0.2, -0.15) is 0 Å². The fraction of sp³-hybridized carbons (Fsp3) is 0.389. The van der Waals surface area contributed by atoms with Gasteiger partial charge in [0, 0.05) is 19.7 Å². The molecule has 0 saturated carbocycles. The molecule has 150 valence electrons. The minimum Gasteiger partial charge on any atom is -0.376 e. The molecule has 1 aliphatic heterocycles. The van der Waals surface area contributed by atoms with E-state index in [0.717, 1.165) is 12.8 Å². The Morgan fingerprint density at radius 3 is 2.86 bits per heavy atom. The molecule has 1 atom stereocenters. The number of hydrogen-bond donors (Lipinski definition) is 1. The number of hydrogen-bond acceptors (Lipinski definition) is 6. The second kappa shape index (κ2) is 8.61. The van der Waals surface area contributed by atoms with Crippen LogP contribution in [-0.4, -0.2) is 54.1 Å². The molecule has 1 saturated heterocycles. The summed E-state index contributed by atoms with van der Waals surface area (Å²) >= 11 is 0. The van der Waals surface area contributed by atoms with Crippen LogP contribution in [0, 0.1) is 5.82 Å². The van der Waals surface area contributed by atoms with Crippen molar-refractivity contribution >= 4 is 15.7 Å². The van der Waals surface area contributed by atoms with Crippen LogP contribution in [-0.2, 0) is 25.9 Å². The first kappa shape index (κ1) is 20.2. The number of benzene rings is 1. The van der Waals surface area contributed by atoms with Crippen LogP contribution in [0.2, 0.25) is 0 Å². The lowest BCUT2D eigenvalue weighted by Crippen LogP contribution is -2.36. The summed E-state index contributed by atoms with van der Waals surface area (Å²) < 4.78 is 46.2. The molecule has 1 unspecified atom stereocenters. The number of carbonyl (C=O) groups is 1. The van der Waals surface area contributed by atoms with E-state index in [9.17, 15) is 17.6 Å². The number of allylic oxidation sites excluding steroid dienone is 1. The zero-order chi connectivity index (χ0) is 20.1. The molecule has 2 heterocycles. The number of nitrogens with one attached hydrogen (secondary N) is 1. The monoisotopic (exact) mass is 408 g/mol. The van der Waals surface area contributed by atoms with Gasteiger partial charge in [-0.25, -0.2) is 12.8 Å². The Hall–Kier alpha value is -2.59. The summed E-state index contributed by atoms with van der Waals surface area (Å²) in [4.78, 5) is 12.1. The predicted molar refractivity (Wildman–Crippen MR) is 99.6 cm³/mol. The molecular weight excluding hydrogens is 387 g/mol. The first-order chi connectivity index (χ1) is 13.4. The van der Waals surface area contributed by atoms with Crippen molar-refractivity contribution in [1.29, 1.82) is 0 Å². The number of carbonyl (C=O) groups excluding carboxylic acids is 1. The maximum atomic E-state index is 14.1. The number of amides is 1. The van der Waals surface area contributed by atoms with Crippen molar-refractivity contribution in [2.24, 2.45) is 0 Å². The molecule has 0 aliphatic carbocycles. The molecule has 8 nitrogen and oxygen atoms in total. The Morgan fingerprint density at radius 1 is 1.39 bits per heavy atom. The highest BCUT2D eigenvalue weighted by atomic mass is 32.2. The van der Waals surface area contributed by atoms with Crippen molar-refractivity contribution in [3.8, 4) is 11.4 Å². The summed E-state index contributed by atoms with van der Waals surface area (Å²) in [6, 6.07) is 5.85. The van der Waals surface area contributed by atoms with Crippen molar-refractivity contribution < 1.29 is 22.3 Å². The van der Waals surface area contributed by atoms with Gasteiger partial charge in [-0.05, 0) is 25.0 Å². The molecule has 1 N–H and O–H groups in total. The lowest BCUT2D eigenvalue weighted by Gasteiger charge is -2.11. The zero-order valence-corrected chi connectivity index (χ0v) is 16.0. The fourth-order valence-corrected chi connectivity index (χ4v) is 4.21. The molecule has 1 aromatic carbocycles. The standard InChI is InChI=1S/C18H21FN4O4S/c1-2-9-23-17(14-7-3-4-8-15(14)19)21-22-18(23)28(25,26)12-16(24)20-11-13-6-5-10-27-13/h2-4,7-8,13H,1,5-6,9-12H2,(H,20,24). The smallest absolute Gasteiger partial charge is 0.250 e. The maximum Gasteiger partial charge on any atom is 0.250 e.